The highest BCUT2D eigenvalue weighted by Crippen LogP contribution is 2.33. The summed E-state index contributed by atoms with van der Waals surface area (Å²) in [5, 5.41) is 8.84. The largest absolute Gasteiger partial charge is 0.477 e. The van der Waals surface area contributed by atoms with Gasteiger partial charge < -0.3 is 10.8 Å². The van der Waals surface area contributed by atoms with Crippen molar-refractivity contribution in [3.05, 3.63) is 41.0 Å². The minimum Gasteiger partial charge on any atom is -0.477 e. The van der Waals surface area contributed by atoms with Crippen LogP contribution in [0.25, 0.3) is 10.4 Å². The van der Waals surface area contributed by atoms with E-state index in [-0.39, 0.29) is 16.4 Å². The molecule has 0 saturated carbocycles. The Hall–Kier alpha value is -1.88. The van der Waals surface area contributed by atoms with Crippen LogP contribution in [0, 0.1) is 5.82 Å². The van der Waals surface area contributed by atoms with Crippen LogP contribution < -0.4 is 5.73 Å². The predicted octanol–water partition coefficient (Wildman–Crippen LogP) is 2.83. The van der Waals surface area contributed by atoms with Gasteiger partial charge >= 0.3 is 5.97 Å². The Bertz CT molecular complexity index is 551. The van der Waals surface area contributed by atoms with E-state index in [2.05, 4.69) is 0 Å². The Morgan fingerprint density at radius 1 is 1.38 bits per heavy atom. The number of nitrogens with two attached hydrogens (primary N) is 1. The number of benzene rings is 1. The lowest BCUT2D eigenvalue weighted by Crippen LogP contribution is -1.96. The number of rotatable bonds is 2. The molecule has 0 amide bonds. The first-order valence-electron chi connectivity index (χ1n) is 4.46. The molecule has 0 saturated heterocycles. The first-order chi connectivity index (χ1) is 7.58. The van der Waals surface area contributed by atoms with E-state index in [9.17, 15) is 9.18 Å². The summed E-state index contributed by atoms with van der Waals surface area (Å²) in [4.78, 5) is 11.5. The van der Waals surface area contributed by atoms with Crippen molar-refractivity contribution in [2.45, 2.75) is 0 Å². The number of carbonyl (C=O) groups is 1. The molecule has 0 aliphatic carbocycles. The first-order valence-corrected chi connectivity index (χ1v) is 5.28. The Balaban J connectivity index is 2.49. The molecule has 0 atom stereocenters. The minimum absolute atomic E-state index is 0.0826. The summed E-state index contributed by atoms with van der Waals surface area (Å²) >= 11 is 1.04. The third kappa shape index (κ3) is 1.90. The van der Waals surface area contributed by atoms with Crippen molar-refractivity contribution in [1.29, 1.82) is 0 Å². The normalized spacial score (nSPS) is 10.3. The van der Waals surface area contributed by atoms with Crippen molar-refractivity contribution < 1.29 is 14.3 Å². The Morgan fingerprint density at radius 2 is 2.12 bits per heavy atom. The van der Waals surface area contributed by atoms with Gasteiger partial charge in [-0.2, -0.15) is 0 Å². The second-order valence-corrected chi connectivity index (χ2v) is 4.26. The number of carboxylic acids is 1. The number of anilines is 1. The van der Waals surface area contributed by atoms with Gasteiger partial charge in [-0.25, -0.2) is 9.18 Å². The molecule has 5 heteroatoms. The second kappa shape index (κ2) is 3.94. The van der Waals surface area contributed by atoms with Gasteiger partial charge in [0.2, 0.25) is 0 Å². The monoisotopic (exact) mass is 237 g/mol. The van der Waals surface area contributed by atoms with Crippen LogP contribution in [0.15, 0.2) is 30.3 Å². The van der Waals surface area contributed by atoms with Gasteiger partial charge in [0.15, 0.2) is 0 Å². The highest BCUT2D eigenvalue weighted by molar-refractivity contribution is 7.17. The van der Waals surface area contributed by atoms with Gasteiger partial charge in [0.25, 0.3) is 0 Å². The predicted molar refractivity (Wildman–Crippen MR) is 61.1 cm³/mol. The quantitative estimate of drug-likeness (QED) is 0.844. The van der Waals surface area contributed by atoms with Crippen LogP contribution in [-0.2, 0) is 0 Å². The third-order valence-electron chi connectivity index (χ3n) is 2.06. The van der Waals surface area contributed by atoms with Crippen molar-refractivity contribution in [1.82, 2.24) is 0 Å². The maximum Gasteiger partial charge on any atom is 0.348 e. The molecule has 3 nitrogen and oxygen atoms in total. The van der Waals surface area contributed by atoms with Crippen LogP contribution in [0.5, 0.6) is 0 Å². The molecule has 0 spiro atoms. The Morgan fingerprint density at radius 3 is 2.69 bits per heavy atom. The van der Waals surface area contributed by atoms with Gasteiger partial charge in [-0.3, -0.25) is 0 Å². The fourth-order valence-electron chi connectivity index (χ4n) is 1.36. The van der Waals surface area contributed by atoms with E-state index in [1.54, 1.807) is 18.2 Å². The summed E-state index contributed by atoms with van der Waals surface area (Å²) in [7, 11) is 0. The molecule has 2 rings (SSSR count). The molecule has 0 radical (unpaired) electrons. The zero-order valence-electron chi connectivity index (χ0n) is 8.11. The topological polar surface area (TPSA) is 63.3 Å². The van der Waals surface area contributed by atoms with E-state index < -0.39 is 5.97 Å². The lowest BCUT2D eigenvalue weighted by Gasteiger charge is -1.95. The van der Waals surface area contributed by atoms with Crippen LogP contribution in [-0.4, -0.2) is 11.1 Å². The fourth-order valence-corrected chi connectivity index (χ4v) is 2.27. The van der Waals surface area contributed by atoms with Crippen LogP contribution in [0.3, 0.4) is 0 Å². The molecule has 0 unspecified atom stereocenters. The van der Waals surface area contributed by atoms with Gasteiger partial charge in [0.1, 0.15) is 10.7 Å². The van der Waals surface area contributed by atoms with Crippen molar-refractivity contribution in [3.8, 4) is 10.4 Å². The van der Waals surface area contributed by atoms with Crippen molar-refractivity contribution in [3.63, 3.8) is 0 Å². The molecule has 1 heterocycles. The van der Waals surface area contributed by atoms with Crippen molar-refractivity contribution in [2.24, 2.45) is 0 Å². The van der Waals surface area contributed by atoms with Crippen LogP contribution >= 0.6 is 11.3 Å². The van der Waals surface area contributed by atoms with E-state index in [0.29, 0.717) is 10.4 Å². The molecule has 2 aromatic rings. The summed E-state index contributed by atoms with van der Waals surface area (Å²) < 4.78 is 13.0. The zero-order valence-corrected chi connectivity index (χ0v) is 8.92. The lowest BCUT2D eigenvalue weighted by molar-refractivity contribution is 0.0703. The Kier molecular flexibility index (Phi) is 2.62. The number of aromatic carboxylic acids is 1. The summed E-state index contributed by atoms with van der Waals surface area (Å²) in [6, 6.07) is 7.50. The maximum atomic E-state index is 13.0. The number of halogens is 1. The van der Waals surface area contributed by atoms with Crippen molar-refractivity contribution >= 4 is 23.0 Å². The molecule has 0 fully saturated rings. The molecule has 82 valence electrons. The summed E-state index contributed by atoms with van der Waals surface area (Å²) in [6.07, 6.45) is 0. The highest BCUT2D eigenvalue weighted by Gasteiger charge is 2.14. The summed E-state index contributed by atoms with van der Waals surface area (Å²) in [5.41, 5.74) is 6.39. The smallest absolute Gasteiger partial charge is 0.348 e. The van der Waals surface area contributed by atoms with E-state index in [1.165, 1.54) is 12.1 Å². The molecule has 16 heavy (non-hydrogen) atoms. The van der Waals surface area contributed by atoms with Gasteiger partial charge in [-0.15, -0.1) is 11.3 Å². The summed E-state index contributed by atoms with van der Waals surface area (Å²) in [5.74, 6) is -1.42. The molecular formula is C11H8FNO2S. The molecule has 1 aromatic heterocycles. The number of hydrogen-bond donors (Lipinski definition) is 2. The summed E-state index contributed by atoms with van der Waals surface area (Å²) in [6.45, 7) is 0. The third-order valence-corrected chi connectivity index (χ3v) is 3.25. The minimum atomic E-state index is -1.06. The van der Waals surface area contributed by atoms with Gasteiger partial charge in [-0.1, -0.05) is 12.1 Å². The Labute approximate surface area is 95.0 Å². The van der Waals surface area contributed by atoms with Crippen LogP contribution in [0.1, 0.15) is 9.67 Å². The number of nitrogen functional groups attached to an aromatic ring is 1. The van der Waals surface area contributed by atoms with Gasteiger partial charge in [-0.05, 0) is 23.8 Å². The van der Waals surface area contributed by atoms with Gasteiger partial charge in [0.05, 0.1) is 5.69 Å². The zero-order chi connectivity index (χ0) is 11.7. The van der Waals surface area contributed by atoms with E-state index in [1.807, 2.05) is 0 Å². The van der Waals surface area contributed by atoms with Gasteiger partial charge in [0, 0.05) is 4.88 Å². The van der Waals surface area contributed by atoms with Crippen LogP contribution in [0.4, 0.5) is 10.1 Å². The van der Waals surface area contributed by atoms with Crippen molar-refractivity contribution in [2.75, 3.05) is 5.73 Å². The number of thiophene rings is 1. The number of carboxylic acid groups (broad SMARTS) is 1. The molecular weight excluding hydrogens is 229 g/mol. The standard InChI is InChI=1S/C11H8FNO2S/c12-7-3-1-2-6(4-7)9-5-8(13)10(16-9)11(14)15/h1-5H,13H2,(H,14,15). The molecule has 0 bridgehead atoms. The maximum absolute atomic E-state index is 13.0. The molecule has 3 N–H and O–H groups in total. The molecule has 0 aliphatic heterocycles. The lowest BCUT2D eigenvalue weighted by atomic mass is 10.2. The SMILES string of the molecule is Nc1cc(-c2cccc(F)c2)sc1C(=O)O. The highest BCUT2D eigenvalue weighted by atomic mass is 32.1. The van der Waals surface area contributed by atoms with E-state index in [0.717, 1.165) is 11.3 Å². The molecule has 1 aromatic carbocycles. The number of hydrogen-bond acceptors (Lipinski definition) is 3. The fraction of sp³-hybridized carbons (Fsp3) is 0. The van der Waals surface area contributed by atoms with E-state index in [4.69, 9.17) is 10.8 Å². The second-order valence-electron chi connectivity index (χ2n) is 3.21. The molecule has 0 aliphatic rings. The van der Waals surface area contributed by atoms with Crippen LogP contribution in [0.2, 0.25) is 0 Å². The van der Waals surface area contributed by atoms with E-state index >= 15 is 0 Å². The average molecular weight is 237 g/mol. The first kappa shape index (κ1) is 10.6. The average Bonchev–Trinajstić information content (AvgIpc) is 2.60.